The van der Waals surface area contributed by atoms with Gasteiger partial charge in [-0.3, -0.25) is 4.31 Å². The van der Waals surface area contributed by atoms with Crippen molar-refractivity contribution < 1.29 is 0 Å². The molecule has 0 bridgehead atoms. The van der Waals surface area contributed by atoms with Crippen LogP contribution in [0.4, 0.5) is 0 Å². The minimum atomic E-state index is 0.124. The van der Waals surface area contributed by atoms with Crippen molar-refractivity contribution in [3.8, 4) is 0 Å². The number of rotatable bonds is 3. The lowest BCUT2D eigenvalue weighted by molar-refractivity contribution is 0.0919. The molecule has 0 amide bonds. The average molecular weight is 301 g/mol. The predicted octanol–water partition coefficient (Wildman–Crippen LogP) is 3.63. The van der Waals surface area contributed by atoms with E-state index in [-0.39, 0.29) is 11.1 Å². The van der Waals surface area contributed by atoms with Crippen LogP contribution in [0.3, 0.4) is 0 Å². The Morgan fingerprint density at radius 2 is 1.65 bits per heavy atom. The van der Waals surface area contributed by atoms with Crippen molar-refractivity contribution in [2.24, 2.45) is 17.3 Å². The smallest absolute Gasteiger partial charge is 0.0112 e. The first-order chi connectivity index (χ1) is 9.36. The van der Waals surface area contributed by atoms with Gasteiger partial charge in [0.1, 0.15) is 0 Å². The van der Waals surface area contributed by atoms with E-state index in [9.17, 15) is 0 Å². The van der Waals surface area contributed by atoms with Crippen LogP contribution in [0.15, 0.2) is 0 Å². The summed E-state index contributed by atoms with van der Waals surface area (Å²) < 4.78 is 2.74. The van der Waals surface area contributed by atoms with Crippen molar-refractivity contribution in [2.45, 2.75) is 46.5 Å². The van der Waals surface area contributed by atoms with Gasteiger partial charge in [0.05, 0.1) is 0 Å². The van der Waals surface area contributed by atoms with E-state index in [0.29, 0.717) is 5.41 Å². The Morgan fingerprint density at radius 3 is 2.20 bits per heavy atom. The Labute approximate surface area is 129 Å². The second-order valence-corrected chi connectivity index (χ2v) is 10.5. The lowest BCUT2D eigenvalue weighted by atomic mass is 9.75. The van der Waals surface area contributed by atoms with E-state index in [4.69, 9.17) is 0 Å². The monoisotopic (exact) mass is 300 g/mol. The minimum absolute atomic E-state index is 0.124. The number of hydrogen-bond acceptors (Lipinski definition) is 2. The standard InChI is InChI=1S/C17H36N2S/c1-17(2,3)16-8-11-18(12-9-16)13-15-7-6-10-19(14-15)20(4)5/h15-16,20H,6-14H2,1-5H3/t15-/m1/s1. The number of likely N-dealkylation sites (tertiary alicyclic amines) is 1. The highest BCUT2D eigenvalue weighted by atomic mass is 32.2. The molecular weight excluding hydrogens is 264 g/mol. The quantitative estimate of drug-likeness (QED) is 0.795. The summed E-state index contributed by atoms with van der Waals surface area (Å²) in [4.78, 5) is 2.75. The van der Waals surface area contributed by atoms with Crippen molar-refractivity contribution in [1.29, 1.82) is 0 Å². The summed E-state index contributed by atoms with van der Waals surface area (Å²) in [6.45, 7) is 14.0. The SMILES string of the molecule is C[SH](C)N1CCC[C@H](CN2CCC(C(C)(C)C)CC2)C1. The van der Waals surface area contributed by atoms with Crippen LogP contribution in [0.2, 0.25) is 0 Å². The first-order valence-corrected chi connectivity index (χ1v) is 10.7. The first-order valence-electron chi connectivity index (χ1n) is 8.51. The van der Waals surface area contributed by atoms with Crippen LogP contribution in [-0.4, -0.2) is 54.4 Å². The van der Waals surface area contributed by atoms with Gasteiger partial charge in [-0.25, -0.2) is 11.1 Å². The van der Waals surface area contributed by atoms with E-state index in [1.165, 1.54) is 58.4 Å². The van der Waals surface area contributed by atoms with E-state index >= 15 is 0 Å². The summed E-state index contributed by atoms with van der Waals surface area (Å²) in [7, 11) is 0. The summed E-state index contributed by atoms with van der Waals surface area (Å²) in [5.41, 5.74) is 0.508. The lowest BCUT2D eigenvalue weighted by Crippen LogP contribution is -2.43. The molecule has 0 aliphatic carbocycles. The molecule has 0 aromatic carbocycles. The van der Waals surface area contributed by atoms with Crippen molar-refractivity contribution in [3.05, 3.63) is 0 Å². The van der Waals surface area contributed by atoms with Gasteiger partial charge in [0.15, 0.2) is 0 Å². The molecule has 2 fully saturated rings. The molecule has 20 heavy (non-hydrogen) atoms. The molecule has 0 radical (unpaired) electrons. The van der Waals surface area contributed by atoms with Crippen LogP contribution in [0.25, 0.3) is 0 Å². The molecule has 2 aliphatic heterocycles. The van der Waals surface area contributed by atoms with Gasteiger partial charge in [-0.15, -0.1) is 0 Å². The topological polar surface area (TPSA) is 6.48 Å². The maximum atomic E-state index is 2.75. The fourth-order valence-electron chi connectivity index (χ4n) is 3.90. The summed E-state index contributed by atoms with van der Waals surface area (Å²) in [6.07, 6.45) is 10.5. The van der Waals surface area contributed by atoms with Crippen molar-refractivity contribution in [2.75, 3.05) is 45.2 Å². The molecule has 2 nitrogen and oxygen atoms in total. The fourth-order valence-corrected chi connectivity index (χ4v) is 5.00. The Kier molecular flexibility index (Phi) is 5.84. The van der Waals surface area contributed by atoms with Crippen LogP contribution in [-0.2, 0) is 0 Å². The molecule has 0 unspecified atom stereocenters. The molecule has 0 saturated carbocycles. The van der Waals surface area contributed by atoms with Crippen molar-refractivity contribution >= 4 is 11.1 Å². The third-order valence-corrected chi connectivity index (χ3v) is 6.89. The molecule has 3 heteroatoms. The van der Waals surface area contributed by atoms with E-state index in [1.54, 1.807) is 0 Å². The highest BCUT2D eigenvalue weighted by Gasteiger charge is 2.30. The molecule has 0 aromatic heterocycles. The van der Waals surface area contributed by atoms with Gasteiger partial charge in [-0.2, -0.15) is 0 Å². The molecule has 2 saturated heterocycles. The second kappa shape index (κ2) is 7.02. The van der Waals surface area contributed by atoms with Gasteiger partial charge in [-0.1, -0.05) is 20.8 Å². The Morgan fingerprint density at radius 1 is 1.00 bits per heavy atom. The van der Waals surface area contributed by atoms with E-state index < -0.39 is 0 Å². The zero-order valence-corrected chi connectivity index (χ0v) is 15.3. The highest BCUT2D eigenvalue weighted by molar-refractivity contribution is 8.13. The van der Waals surface area contributed by atoms with Crippen LogP contribution in [0.5, 0.6) is 0 Å². The maximum Gasteiger partial charge on any atom is 0.0112 e. The summed E-state index contributed by atoms with van der Waals surface area (Å²) >= 11 is 0.124. The molecule has 2 rings (SSSR count). The Balaban J connectivity index is 1.75. The molecule has 120 valence electrons. The summed E-state index contributed by atoms with van der Waals surface area (Å²) in [6, 6.07) is 0. The normalized spacial score (nSPS) is 28.6. The number of piperidine rings is 2. The molecule has 0 spiro atoms. The Hall–Kier alpha value is 0.270. The molecule has 0 N–H and O–H groups in total. The van der Waals surface area contributed by atoms with E-state index in [2.05, 4.69) is 42.5 Å². The zero-order chi connectivity index (χ0) is 14.8. The molecule has 1 atom stereocenters. The van der Waals surface area contributed by atoms with Crippen molar-refractivity contribution in [1.82, 2.24) is 9.21 Å². The van der Waals surface area contributed by atoms with Crippen LogP contribution < -0.4 is 0 Å². The number of nitrogens with zero attached hydrogens (tertiary/aromatic N) is 2. The zero-order valence-electron chi connectivity index (χ0n) is 14.4. The van der Waals surface area contributed by atoms with Crippen LogP contribution >= 0.6 is 11.1 Å². The molecular formula is C17H36N2S. The van der Waals surface area contributed by atoms with E-state index in [1.807, 2.05) is 0 Å². The minimum Gasteiger partial charge on any atom is -0.303 e. The lowest BCUT2D eigenvalue weighted by Gasteiger charge is -2.42. The molecule has 0 aromatic rings. The first kappa shape index (κ1) is 16.6. The van der Waals surface area contributed by atoms with Gasteiger partial charge in [-0.05, 0) is 68.5 Å². The van der Waals surface area contributed by atoms with Crippen molar-refractivity contribution in [3.63, 3.8) is 0 Å². The third-order valence-electron chi connectivity index (χ3n) is 5.39. The number of thiol groups is 1. The molecule has 2 heterocycles. The summed E-state index contributed by atoms with van der Waals surface area (Å²) in [5.74, 6) is 1.86. The van der Waals surface area contributed by atoms with Crippen LogP contribution in [0.1, 0.15) is 46.5 Å². The van der Waals surface area contributed by atoms with Gasteiger partial charge in [0.25, 0.3) is 0 Å². The maximum absolute atomic E-state index is 2.75. The number of hydrogen-bond donors (Lipinski definition) is 1. The predicted molar refractivity (Wildman–Crippen MR) is 93.8 cm³/mol. The van der Waals surface area contributed by atoms with Gasteiger partial charge < -0.3 is 4.90 Å². The Bertz CT molecular complexity index is 290. The largest absolute Gasteiger partial charge is 0.303 e. The molecule has 2 aliphatic rings. The van der Waals surface area contributed by atoms with Gasteiger partial charge in [0, 0.05) is 19.6 Å². The highest BCUT2D eigenvalue weighted by Crippen LogP contribution is 2.35. The van der Waals surface area contributed by atoms with Crippen LogP contribution in [0, 0.1) is 17.3 Å². The summed E-state index contributed by atoms with van der Waals surface area (Å²) in [5, 5.41) is 0. The second-order valence-electron chi connectivity index (χ2n) is 8.21. The van der Waals surface area contributed by atoms with Gasteiger partial charge >= 0.3 is 0 Å². The fraction of sp³-hybridized carbons (Fsp3) is 1.00. The average Bonchev–Trinajstić information content (AvgIpc) is 2.38. The van der Waals surface area contributed by atoms with E-state index in [0.717, 1.165) is 11.8 Å². The third kappa shape index (κ3) is 4.64. The van der Waals surface area contributed by atoms with Gasteiger partial charge in [0.2, 0.25) is 0 Å².